The Morgan fingerprint density at radius 2 is 2.03 bits per heavy atom. The number of rotatable bonds is 6. The molecule has 0 spiro atoms. The summed E-state index contributed by atoms with van der Waals surface area (Å²) >= 11 is 0. The lowest BCUT2D eigenvalue weighted by molar-refractivity contribution is 0.0960. The number of anilines is 1. The fourth-order valence-electron chi connectivity index (χ4n) is 3.58. The normalized spacial score (nSPS) is 14.7. The van der Waals surface area contributed by atoms with Gasteiger partial charge in [0.15, 0.2) is 0 Å². The molecule has 0 saturated carbocycles. The van der Waals surface area contributed by atoms with Gasteiger partial charge in [0.1, 0.15) is 5.75 Å². The molecule has 0 aliphatic carbocycles. The maximum atomic E-state index is 12.9. The smallest absolute Gasteiger partial charge is 0.255 e. The van der Waals surface area contributed by atoms with E-state index in [-0.39, 0.29) is 24.3 Å². The van der Waals surface area contributed by atoms with E-state index in [1.165, 1.54) is 10.9 Å². The standard InChI is InChI=1S/C22H22N4O4/c1-23-22(29)18-10-15(21(28)25-16-11-24-26(12-16)7-8-27)9-17-19(13-30-20(17)18)14-5-3-2-4-6-14/h2-6,9-12,19,27H,7-8,13H2,1H3,(H,23,29)(H,25,28). The number of amides is 2. The number of aliphatic hydroxyl groups excluding tert-OH is 1. The van der Waals surface area contributed by atoms with Crippen LogP contribution in [0.5, 0.6) is 5.75 Å². The molecule has 1 unspecified atom stereocenters. The molecule has 154 valence electrons. The SMILES string of the molecule is CNC(=O)c1cc(C(=O)Nc2cnn(CCO)c2)cc2c1OCC2c1ccccc1. The second kappa shape index (κ2) is 8.38. The van der Waals surface area contributed by atoms with Crippen molar-refractivity contribution < 1.29 is 19.4 Å². The molecule has 30 heavy (non-hydrogen) atoms. The predicted octanol–water partition coefficient (Wildman–Crippen LogP) is 2.01. The molecule has 0 radical (unpaired) electrons. The Bertz CT molecular complexity index is 1080. The number of carbonyl (C=O) groups excluding carboxylic acids is 2. The van der Waals surface area contributed by atoms with Gasteiger partial charge in [-0.25, -0.2) is 0 Å². The third-order valence-electron chi connectivity index (χ3n) is 5.04. The number of fused-ring (bicyclic) bond motifs is 1. The van der Waals surface area contributed by atoms with Gasteiger partial charge in [0, 0.05) is 30.3 Å². The quantitative estimate of drug-likeness (QED) is 0.581. The first-order valence-electron chi connectivity index (χ1n) is 9.63. The zero-order chi connectivity index (χ0) is 21.1. The lowest BCUT2D eigenvalue weighted by atomic mass is 9.90. The molecule has 1 aliphatic heterocycles. The predicted molar refractivity (Wildman–Crippen MR) is 111 cm³/mol. The minimum Gasteiger partial charge on any atom is -0.491 e. The third-order valence-corrected chi connectivity index (χ3v) is 5.04. The summed E-state index contributed by atoms with van der Waals surface area (Å²) in [7, 11) is 1.54. The van der Waals surface area contributed by atoms with Crippen LogP contribution in [0.2, 0.25) is 0 Å². The number of ether oxygens (including phenoxy) is 1. The Balaban J connectivity index is 1.69. The maximum Gasteiger partial charge on any atom is 0.255 e. The Morgan fingerprint density at radius 3 is 2.77 bits per heavy atom. The number of carbonyl (C=O) groups is 2. The van der Waals surface area contributed by atoms with Crippen molar-refractivity contribution in [1.82, 2.24) is 15.1 Å². The van der Waals surface area contributed by atoms with Gasteiger partial charge in [-0.15, -0.1) is 0 Å². The van der Waals surface area contributed by atoms with Crippen molar-refractivity contribution in [2.45, 2.75) is 12.5 Å². The summed E-state index contributed by atoms with van der Waals surface area (Å²) in [6.07, 6.45) is 3.15. The molecular weight excluding hydrogens is 384 g/mol. The molecule has 3 aromatic rings. The van der Waals surface area contributed by atoms with Gasteiger partial charge in [0.25, 0.3) is 11.8 Å². The molecule has 2 amide bonds. The van der Waals surface area contributed by atoms with Crippen LogP contribution in [0.25, 0.3) is 0 Å². The minimum atomic E-state index is -0.356. The zero-order valence-corrected chi connectivity index (χ0v) is 16.5. The molecule has 0 saturated heterocycles. The number of nitrogens with one attached hydrogen (secondary N) is 2. The molecule has 8 heteroatoms. The summed E-state index contributed by atoms with van der Waals surface area (Å²) < 4.78 is 7.41. The van der Waals surface area contributed by atoms with Crippen molar-refractivity contribution in [2.75, 3.05) is 25.6 Å². The van der Waals surface area contributed by atoms with E-state index >= 15 is 0 Å². The highest BCUT2D eigenvalue weighted by Crippen LogP contribution is 2.41. The Morgan fingerprint density at radius 1 is 1.23 bits per heavy atom. The van der Waals surface area contributed by atoms with Crippen LogP contribution < -0.4 is 15.4 Å². The summed E-state index contributed by atoms with van der Waals surface area (Å²) in [6, 6.07) is 13.2. The summed E-state index contributed by atoms with van der Waals surface area (Å²) in [5.74, 6) is -0.226. The second-order valence-corrected chi connectivity index (χ2v) is 6.97. The maximum absolute atomic E-state index is 12.9. The summed E-state index contributed by atoms with van der Waals surface area (Å²) in [5, 5.41) is 18.5. The van der Waals surface area contributed by atoms with Crippen molar-refractivity contribution in [2.24, 2.45) is 0 Å². The van der Waals surface area contributed by atoms with E-state index in [2.05, 4.69) is 15.7 Å². The van der Waals surface area contributed by atoms with Gasteiger partial charge >= 0.3 is 0 Å². The van der Waals surface area contributed by atoms with E-state index in [0.29, 0.717) is 35.7 Å². The molecule has 2 aromatic carbocycles. The number of nitrogens with zero attached hydrogens (tertiary/aromatic N) is 2. The topological polar surface area (TPSA) is 105 Å². The Labute approximate surface area is 173 Å². The zero-order valence-electron chi connectivity index (χ0n) is 16.5. The van der Waals surface area contributed by atoms with E-state index in [4.69, 9.17) is 9.84 Å². The van der Waals surface area contributed by atoms with E-state index < -0.39 is 0 Å². The molecule has 8 nitrogen and oxygen atoms in total. The minimum absolute atomic E-state index is 0.0454. The third kappa shape index (κ3) is 3.77. The fraction of sp³-hybridized carbons (Fsp3) is 0.227. The van der Waals surface area contributed by atoms with Gasteiger partial charge < -0.3 is 20.5 Å². The van der Waals surface area contributed by atoms with Crippen LogP contribution in [0.4, 0.5) is 5.69 Å². The van der Waals surface area contributed by atoms with Crippen LogP contribution in [0.3, 0.4) is 0 Å². The largest absolute Gasteiger partial charge is 0.491 e. The lowest BCUT2D eigenvalue weighted by Gasteiger charge is -2.12. The van der Waals surface area contributed by atoms with Crippen LogP contribution in [-0.2, 0) is 6.54 Å². The first-order valence-corrected chi connectivity index (χ1v) is 9.63. The van der Waals surface area contributed by atoms with Crippen LogP contribution in [-0.4, -0.2) is 47.0 Å². The van der Waals surface area contributed by atoms with E-state index in [1.807, 2.05) is 30.3 Å². The summed E-state index contributed by atoms with van der Waals surface area (Å²) in [4.78, 5) is 25.4. The first kappa shape index (κ1) is 19.7. The number of aromatic nitrogens is 2. The number of hydrogen-bond acceptors (Lipinski definition) is 5. The first-order chi connectivity index (χ1) is 14.6. The summed E-state index contributed by atoms with van der Waals surface area (Å²) in [5.41, 5.74) is 3.06. The van der Waals surface area contributed by atoms with Gasteiger partial charge in [0.2, 0.25) is 0 Å². The van der Waals surface area contributed by atoms with Gasteiger partial charge in [-0.3, -0.25) is 14.3 Å². The van der Waals surface area contributed by atoms with Crippen LogP contribution in [0, 0.1) is 0 Å². The van der Waals surface area contributed by atoms with Gasteiger partial charge in [-0.1, -0.05) is 30.3 Å². The second-order valence-electron chi connectivity index (χ2n) is 6.97. The van der Waals surface area contributed by atoms with Crippen molar-refractivity contribution in [3.05, 3.63) is 77.1 Å². The van der Waals surface area contributed by atoms with Crippen molar-refractivity contribution in [1.29, 1.82) is 0 Å². The van der Waals surface area contributed by atoms with Gasteiger partial charge in [-0.2, -0.15) is 5.10 Å². The van der Waals surface area contributed by atoms with Crippen molar-refractivity contribution in [3.63, 3.8) is 0 Å². The molecule has 0 bridgehead atoms. The molecule has 1 aromatic heterocycles. The van der Waals surface area contributed by atoms with Crippen molar-refractivity contribution in [3.8, 4) is 5.75 Å². The Kier molecular flexibility index (Phi) is 5.49. The molecular formula is C22H22N4O4. The average Bonchev–Trinajstić information content (AvgIpc) is 3.40. The van der Waals surface area contributed by atoms with Gasteiger partial charge in [0.05, 0.1) is 37.2 Å². The van der Waals surface area contributed by atoms with Crippen molar-refractivity contribution >= 4 is 17.5 Å². The molecule has 1 aliphatic rings. The highest BCUT2D eigenvalue weighted by molar-refractivity contribution is 6.07. The molecule has 3 N–H and O–H groups in total. The van der Waals surface area contributed by atoms with Crippen LogP contribution >= 0.6 is 0 Å². The molecule has 2 heterocycles. The van der Waals surface area contributed by atoms with Crippen LogP contribution in [0.1, 0.15) is 37.8 Å². The molecule has 0 fully saturated rings. The number of aliphatic hydroxyl groups is 1. The van der Waals surface area contributed by atoms with Gasteiger partial charge in [-0.05, 0) is 17.7 Å². The average molecular weight is 406 g/mol. The van der Waals surface area contributed by atoms with E-state index in [9.17, 15) is 9.59 Å². The summed E-state index contributed by atoms with van der Waals surface area (Å²) in [6.45, 7) is 0.699. The van der Waals surface area contributed by atoms with E-state index in [0.717, 1.165) is 11.1 Å². The molecule has 4 rings (SSSR count). The van der Waals surface area contributed by atoms with Crippen LogP contribution in [0.15, 0.2) is 54.9 Å². The fourth-order valence-corrected chi connectivity index (χ4v) is 3.58. The Hall–Kier alpha value is -3.65. The molecule has 1 atom stereocenters. The number of benzene rings is 2. The monoisotopic (exact) mass is 406 g/mol. The highest BCUT2D eigenvalue weighted by atomic mass is 16.5. The highest BCUT2D eigenvalue weighted by Gasteiger charge is 2.31. The lowest BCUT2D eigenvalue weighted by Crippen LogP contribution is -2.20. The van der Waals surface area contributed by atoms with E-state index in [1.54, 1.807) is 25.4 Å². The number of hydrogen-bond donors (Lipinski definition) is 3.